The lowest BCUT2D eigenvalue weighted by molar-refractivity contribution is -0.137. The molecule has 0 amide bonds. The van der Waals surface area contributed by atoms with E-state index in [4.69, 9.17) is 12.2 Å². The predicted molar refractivity (Wildman–Crippen MR) is 113 cm³/mol. The molecule has 0 saturated carbocycles. The molecule has 5 nitrogen and oxygen atoms in total. The smallest absolute Gasteiger partial charge is 0.305 e. The van der Waals surface area contributed by atoms with Crippen molar-refractivity contribution in [2.75, 3.05) is 5.32 Å². The average molecular weight is 416 g/mol. The normalized spacial score (nSPS) is 11.6. The molecule has 0 aliphatic carbocycles. The van der Waals surface area contributed by atoms with Crippen LogP contribution in [0, 0.1) is 12.7 Å². The van der Waals surface area contributed by atoms with Crippen LogP contribution >= 0.6 is 23.6 Å². The van der Waals surface area contributed by atoms with E-state index in [0.29, 0.717) is 5.56 Å². The molecule has 28 heavy (non-hydrogen) atoms. The van der Waals surface area contributed by atoms with Crippen LogP contribution in [0.5, 0.6) is 0 Å². The highest BCUT2D eigenvalue weighted by Crippen LogP contribution is 2.24. The maximum Gasteiger partial charge on any atom is 0.305 e. The van der Waals surface area contributed by atoms with Crippen LogP contribution in [0.15, 0.2) is 53.9 Å². The lowest BCUT2D eigenvalue weighted by atomic mass is 10.0. The fourth-order valence-corrected chi connectivity index (χ4v) is 3.58. The van der Waals surface area contributed by atoms with Crippen molar-refractivity contribution in [1.82, 2.24) is 10.3 Å². The fourth-order valence-electron chi connectivity index (χ4n) is 2.70. The Bertz CT molecular complexity index is 989. The Hall–Kier alpha value is -2.84. The van der Waals surface area contributed by atoms with Crippen molar-refractivity contribution in [3.8, 4) is 11.3 Å². The van der Waals surface area contributed by atoms with Gasteiger partial charge in [0.15, 0.2) is 5.11 Å². The van der Waals surface area contributed by atoms with Gasteiger partial charge in [-0.2, -0.15) is 0 Å². The molecule has 0 saturated heterocycles. The van der Waals surface area contributed by atoms with Gasteiger partial charge in [0.25, 0.3) is 0 Å². The zero-order valence-electron chi connectivity index (χ0n) is 15.0. The molecule has 2 aromatic carbocycles. The van der Waals surface area contributed by atoms with Crippen molar-refractivity contribution < 1.29 is 14.3 Å². The number of anilines is 1. The van der Waals surface area contributed by atoms with Crippen molar-refractivity contribution in [3.63, 3.8) is 0 Å². The molecular formula is C20H18FN3O2S2. The Morgan fingerprint density at radius 1 is 1.29 bits per heavy atom. The van der Waals surface area contributed by atoms with E-state index < -0.39 is 12.0 Å². The molecule has 0 aliphatic rings. The molecule has 1 atom stereocenters. The highest BCUT2D eigenvalue weighted by molar-refractivity contribution is 7.80. The first kappa shape index (κ1) is 19.9. The van der Waals surface area contributed by atoms with E-state index in [0.717, 1.165) is 22.0 Å². The number of nitrogens with zero attached hydrogens (tertiary/aromatic N) is 1. The second kappa shape index (κ2) is 8.90. The Balaban J connectivity index is 1.72. The highest BCUT2D eigenvalue weighted by atomic mass is 32.1. The first-order valence-electron chi connectivity index (χ1n) is 8.48. The predicted octanol–water partition coefficient (Wildman–Crippen LogP) is 4.76. The fraction of sp³-hybridized carbons (Fsp3) is 0.150. The molecule has 0 aliphatic heterocycles. The van der Waals surface area contributed by atoms with E-state index in [-0.39, 0.29) is 17.4 Å². The van der Waals surface area contributed by atoms with E-state index in [1.165, 1.54) is 12.1 Å². The number of hydrogen-bond donors (Lipinski definition) is 3. The third-order valence-electron chi connectivity index (χ3n) is 3.99. The summed E-state index contributed by atoms with van der Waals surface area (Å²) < 4.78 is 13.2. The molecule has 1 heterocycles. The number of carboxylic acid groups (broad SMARTS) is 1. The minimum Gasteiger partial charge on any atom is -0.481 e. The van der Waals surface area contributed by atoms with Crippen molar-refractivity contribution >= 4 is 40.3 Å². The van der Waals surface area contributed by atoms with E-state index in [2.05, 4.69) is 15.6 Å². The number of carboxylic acids is 1. The molecule has 0 spiro atoms. The minimum atomic E-state index is -0.981. The molecule has 3 aromatic rings. The third-order valence-corrected chi connectivity index (χ3v) is 4.99. The number of aliphatic carboxylic acids is 1. The van der Waals surface area contributed by atoms with E-state index in [9.17, 15) is 14.3 Å². The number of aromatic nitrogens is 1. The summed E-state index contributed by atoms with van der Waals surface area (Å²) in [6, 6.07) is 12.7. The molecule has 0 fully saturated rings. The zero-order chi connectivity index (χ0) is 20.1. The summed E-state index contributed by atoms with van der Waals surface area (Å²) in [5.41, 5.74) is 3.24. The highest BCUT2D eigenvalue weighted by Gasteiger charge is 2.17. The van der Waals surface area contributed by atoms with Crippen molar-refractivity contribution in [3.05, 3.63) is 70.3 Å². The average Bonchev–Trinajstić information content (AvgIpc) is 3.08. The summed E-state index contributed by atoms with van der Waals surface area (Å²) in [5.74, 6) is -1.36. The lowest BCUT2D eigenvalue weighted by Crippen LogP contribution is -2.33. The third kappa shape index (κ3) is 5.34. The number of aryl methyl sites for hydroxylation is 1. The summed E-state index contributed by atoms with van der Waals surface area (Å²) in [5, 5.41) is 18.5. The molecule has 0 radical (unpaired) electrons. The van der Waals surface area contributed by atoms with Crippen LogP contribution in [0.1, 0.15) is 23.0 Å². The maximum atomic E-state index is 13.2. The number of rotatable bonds is 6. The van der Waals surface area contributed by atoms with Crippen molar-refractivity contribution in [2.24, 2.45) is 0 Å². The summed E-state index contributed by atoms with van der Waals surface area (Å²) >= 11 is 6.93. The molecule has 8 heteroatoms. The van der Waals surface area contributed by atoms with Crippen LogP contribution in [0.3, 0.4) is 0 Å². The number of benzene rings is 2. The first-order valence-corrected chi connectivity index (χ1v) is 9.77. The van der Waals surface area contributed by atoms with E-state index in [1.807, 2.05) is 36.6 Å². The number of halogens is 1. The van der Waals surface area contributed by atoms with Gasteiger partial charge in [0.2, 0.25) is 0 Å². The molecule has 144 valence electrons. The van der Waals surface area contributed by atoms with Crippen LogP contribution in [-0.2, 0) is 4.79 Å². The second-order valence-electron chi connectivity index (χ2n) is 6.13. The standard InChI is InChI=1S/C20H18FN3O2S2/c1-12-22-18(11-28-12)14-3-2-4-16(9-14)23-20(27)24-17(10-19(25)26)13-5-7-15(21)8-6-13/h2-9,11,17H,10H2,1H3,(H,25,26)(H2,23,24,27)/t17-/m0/s1. The van der Waals surface area contributed by atoms with Gasteiger partial charge < -0.3 is 15.7 Å². The van der Waals surface area contributed by atoms with Gasteiger partial charge in [0.05, 0.1) is 23.2 Å². The number of hydrogen-bond acceptors (Lipinski definition) is 4. The molecule has 3 rings (SSSR count). The summed E-state index contributed by atoms with van der Waals surface area (Å²) in [6.07, 6.45) is -0.189. The van der Waals surface area contributed by atoms with Gasteiger partial charge in [-0.15, -0.1) is 11.3 Å². The van der Waals surface area contributed by atoms with Gasteiger partial charge in [-0.05, 0) is 49.0 Å². The van der Waals surface area contributed by atoms with Gasteiger partial charge >= 0.3 is 5.97 Å². The summed E-state index contributed by atoms with van der Waals surface area (Å²) in [4.78, 5) is 15.7. The van der Waals surface area contributed by atoms with Gasteiger partial charge in [-0.3, -0.25) is 4.79 Å². The number of nitrogens with one attached hydrogen (secondary N) is 2. The van der Waals surface area contributed by atoms with Gasteiger partial charge in [-0.1, -0.05) is 24.3 Å². The van der Waals surface area contributed by atoms with Crippen LogP contribution < -0.4 is 10.6 Å². The Morgan fingerprint density at radius 2 is 2.04 bits per heavy atom. The van der Waals surface area contributed by atoms with E-state index >= 15 is 0 Å². The second-order valence-corrected chi connectivity index (χ2v) is 7.60. The van der Waals surface area contributed by atoms with Crippen molar-refractivity contribution in [1.29, 1.82) is 0 Å². The number of thiocarbonyl (C=S) groups is 1. The van der Waals surface area contributed by atoms with Crippen molar-refractivity contribution in [2.45, 2.75) is 19.4 Å². The molecule has 1 aromatic heterocycles. The Kier molecular flexibility index (Phi) is 6.33. The molecular weight excluding hydrogens is 397 g/mol. The Labute approximate surface area is 171 Å². The Morgan fingerprint density at radius 3 is 2.68 bits per heavy atom. The SMILES string of the molecule is Cc1nc(-c2cccc(NC(=S)N[C@@H](CC(=O)O)c3ccc(F)cc3)c2)cs1. The van der Waals surface area contributed by atoms with Gasteiger partial charge in [0, 0.05) is 16.6 Å². The number of carbonyl (C=O) groups is 1. The van der Waals surface area contributed by atoms with Gasteiger partial charge in [-0.25, -0.2) is 9.37 Å². The van der Waals surface area contributed by atoms with Crippen LogP contribution in [-0.4, -0.2) is 21.2 Å². The summed E-state index contributed by atoms with van der Waals surface area (Å²) in [7, 11) is 0. The van der Waals surface area contributed by atoms with Crippen LogP contribution in [0.4, 0.5) is 10.1 Å². The molecule has 3 N–H and O–H groups in total. The topological polar surface area (TPSA) is 74.2 Å². The van der Waals surface area contributed by atoms with Crippen LogP contribution in [0.25, 0.3) is 11.3 Å². The molecule has 0 bridgehead atoms. The van der Waals surface area contributed by atoms with Crippen LogP contribution in [0.2, 0.25) is 0 Å². The van der Waals surface area contributed by atoms with E-state index in [1.54, 1.807) is 23.5 Å². The molecule has 0 unspecified atom stereocenters. The lowest BCUT2D eigenvalue weighted by Gasteiger charge is -2.20. The minimum absolute atomic E-state index is 0.189. The zero-order valence-corrected chi connectivity index (χ0v) is 16.6. The maximum absolute atomic E-state index is 13.2. The van der Waals surface area contributed by atoms with Gasteiger partial charge in [0.1, 0.15) is 5.82 Å². The number of thiazole rings is 1. The quantitative estimate of drug-likeness (QED) is 0.504. The summed E-state index contributed by atoms with van der Waals surface area (Å²) in [6.45, 7) is 1.95. The largest absolute Gasteiger partial charge is 0.481 e. The monoisotopic (exact) mass is 415 g/mol. The first-order chi connectivity index (χ1) is 13.4.